The summed E-state index contributed by atoms with van der Waals surface area (Å²) in [6.07, 6.45) is 0. The van der Waals surface area contributed by atoms with Gasteiger partial charge in [-0.1, -0.05) is 6.07 Å². The highest BCUT2D eigenvalue weighted by Gasteiger charge is 2.12. The number of carbonyl (C=O) groups is 1. The molecule has 1 N–H and O–H groups in total. The fraction of sp³-hybridized carbons (Fsp3) is 0.364. The van der Waals surface area contributed by atoms with Crippen LogP contribution in [0.3, 0.4) is 0 Å². The lowest BCUT2D eigenvalue weighted by Crippen LogP contribution is -2.31. The molecule has 0 radical (unpaired) electrons. The number of hydrogen-bond donors (Lipinski definition) is 1. The minimum atomic E-state index is -0.360. The lowest BCUT2D eigenvalue weighted by molar-refractivity contribution is 0.0949. The highest BCUT2D eigenvalue weighted by atomic mass is 127. The Balaban J connectivity index is 2.63. The molecule has 5 heteroatoms. The van der Waals surface area contributed by atoms with E-state index in [4.69, 9.17) is 0 Å². The highest BCUT2D eigenvalue weighted by Crippen LogP contribution is 2.15. The van der Waals surface area contributed by atoms with Crippen LogP contribution in [0.15, 0.2) is 18.2 Å². The van der Waals surface area contributed by atoms with Gasteiger partial charge in [-0.05, 0) is 48.8 Å². The normalized spacial score (nSPS) is 10.6. The van der Waals surface area contributed by atoms with Gasteiger partial charge in [0.15, 0.2) is 0 Å². The van der Waals surface area contributed by atoms with Crippen molar-refractivity contribution < 1.29 is 9.18 Å². The first-order valence-corrected chi connectivity index (χ1v) is 5.97. The van der Waals surface area contributed by atoms with Gasteiger partial charge in [-0.15, -0.1) is 0 Å². The Bertz CT molecular complexity index is 382. The molecule has 0 bridgehead atoms. The van der Waals surface area contributed by atoms with Gasteiger partial charge in [-0.25, -0.2) is 4.39 Å². The van der Waals surface area contributed by atoms with Gasteiger partial charge in [0.1, 0.15) is 5.82 Å². The molecule has 0 spiro atoms. The van der Waals surface area contributed by atoms with Gasteiger partial charge < -0.3 is 10.2 Å². The molecule has 1 rings (SSSR count). The van der Waals surface area contributed by atoms with Gasteiger partial charge in [0.05, 0.1) is 9.13 Å². The summed E-state index contributed by atoms with van der Waals surface area (Å²) >= 11 is 1.84. The van der Waals surface area contributed by atoms with Crippen LogP contribution in [0.1, 0.15) is 10.4 Å². The second-order valence-electron chi connectivity index (χ2n) is 3.66. The summed E-state index contributed by atoms with van der Waals surface area (Å²) in [5.41, 5.74) is 0.388. The number of nitrogens with one attached hydrogen (secondary N) is 1. The van der Waals surface area contributed by atoms with E-state index in [1.807, 2.05) is 41.6 Å². The third-order valence-electron chi connectivity index (χ3n) is 2.04. The molecular formula is C11H14FIN2O. The topological polar surface area (TPSA) is 32.3 Å². The van der Waals surface area contributed by atoms with Crippen molar-refractivity contribution in [2.24, 2.45) is 0 Å². The largest absolute Gasteiger partial charge is 0.351 e. The third kappa shape index (κ3) is 3.71. The second-order valence-corrected chi connectivity index (χ2v) is 4.74. The monoisotopic (exact) mass is 336 g/mol. The molecule has 88 valence electrons. The predicted molar refractivity (Wildman–Crippen MR) is 70.0 cm³/mol. The first kappa shape index (κ1) is 13.4. The molecule has 0 fully saturated rings. The minimum Gasteiger partial charge on any atom is -0.351 e. The lowest BCUT2D eigenvalue weighted by atomic mass is 10.2. The lowest BCUT2D eigenvalue weighted by Gasteiger charge is -2.11. The summed E-state index contributed by atoms with van der Waals surface area (Å²) in [6.45, 7) is 1.32. The van der Waals surface area contributed by atoms with Crippen LogP contribution in [0.2, 0.25) is 0 Å². The molecule has 16 heavy (non-hydrogen) atoms. The van der Waals surface area contributed by atoms with Crippen molar-refractivity contribution in [3.8, 4) is 0 Å². The van der Waals surface area contributed by atoms with Crippen molar-refractivity contribution in [3.63, 3.8) is 0 Å². The number of hydrogen-bond acceptors (Lipinski definition) is 2. The number of likely N-dealkylation sites (N-methyl/N-ethyl adjacent to an activating group) is 1. The second kappa shape index (κ2) is 6.15. The van der Waals surface area contributed by atoms with Gasteiger partial charge in [0.25, 0.3) is 5.91 Å². The zero-order valence-electron chi connectivity index (χ0n) is 9.26. The van der Waals surface area contributed by atoms with Crippen molar-refractivity contribution in [1.82, 2.24) is 10.2 Å². The first-order chi connectivity index (χ1) is 7.52. The van der Waals surface area contributed by atoms with Gasteiger partial charge >= 0.3 is 0 Å². The average Bonchev–Trinajstić information content (AvgIpc) is 2.21. The van der Waals surface area contributed by atoms with E-state index in [1.54, 1.807) is 12.1 Å². The van der Waals surface area contributed by atoms with Crippen LogP contribution in [-0.4, -0.2) is 38.0 Å². The summed E-state index contributed by atoms with van der Waals surface area (Å²) in [6, 6.07) is 4.51. The fourth-order valence-corrected chi connectivity index (χ4v) is 1.77. The van der Waals surface area contributed by atoms with Crippen LogP contribution >= 0.6 is 22.6 Å². The SMILES string of the molecule is CN(C)CCNC(=O)c1cccc(F)c1I. The number of amides is 1. The van der Waals surface area contributed by atoms with Crippen molar-refractivity contribution in [2.75, 3.05) is 27.2 Å². The quantitative estimate of drug-likeness (QED) is 0.850. The van der Waals surface area contributed by atoms with E-state index in [9.17, 15) is 9.18 Å². The molecule has 1 amide bonds. The van der Waals surface area contributed by atoms with Crippen molar-refractivity contribution in [2.45, 2.75) is 0 Å². The zero-order chi connectivity index (χ0) is 12.1. The molecular weight excluding hydrogens is 322 g/mol. The molecule has 0 saturated carbocycles. The summed E-state index contributed by atoms with van der Waals surface area (Å²) in [4.78, 5) is 13.7. The summed E-state index contributed by atoms with van der Waals surface area (Å²) < 4.78 is 13.6. The average molecular weight is 336 g/mol. The van der Waals surface area contributed by atoms with E-state index in [0.29, 0.717) is 15.7 Å². The molecule has 0 unspecified atom stereocenters. The minimum absolute atomic E-state index is 0.231. The van der Waals surface area contributed by atoms with Gasteiger partial charge in [-0.3, -0.25) is 4.79 Å². The number of nitrogens with zero attached hydrogens (tertiary/aromatic N) is 1. The van der Waals surface area contributed by atoms with Crippen molar-refractivity contribution in [3.05, 3.63) is 33.1 Å². The van der Waals surface area contributed by atoms with Gasteiger partial charge in [-0.2, -0.15) is 0 Å². The molecule has 0 aliphatic rings. The standard InChI is InChI=1S/C11H14FIN2O/c1-15(2)7-6-14-11(16)8-4-3-5-9(12)10(8)13/h3-5H,6-7H2,1-2H3,(H,14,16). The number of carbonyl (C=O) groups excluding carboxylic acids is 1. The van der Waals surface area contributed by atoms with Crippen LogP contribution in [0, 0.1) is 9.39 Å². The number of halogens is 2. The molecule has 0 atom stereocenters. The Morgan fingerprint density at radius 3 is 2.81 bits per heavy atom. The molecule has 0 aromatic heterocycles. The smallest absolute Gasteiger partial charge is 0.252 e. The third-order valence-corrected chi connectivity index (χ3v) is 3.14. The molecule has 0 heterocycles. The molecule has 0 aliphatic carbocycles. The van der Waals surface area contributed by atoms with Crippen molar-refractivity contribution >= 4 is 28.5 Å². The Morgan fingerprint density at radius 2 is 2.19 bits per heavy atom. The van der Waals surface area contributed by atoms with Crippen LogP contribution in [0.5, 0.6) is 0 Å². The van der Waals surface area contributed by atoms with Crippen LogP contribution < -0.4 is 5.32 Å². The maximum atomic E-state index is 13.2. The van der Waals surface area contributed by atoms with Gasteiger partial charge in [0.2, 0.25) is 0 Å². The summed E-state index contributed by atoms with van der Waals surface area (Å²) in [5, 5.41) is 2.75. The Labute approximate surface area is 108 Å². The van der Waals surface area contributed by atoms with E-state index in [0.717, 1.165) is 6.54 Å². The Morgan fingerprint density at radius 1 is 1.50 bits per heavy atom. The molecule has 0 aliphatic heterocycles. The zero-order valence-corrected chi connectivity index (χ0v) is 11.4. The summed E-state index contributed by atoms with van der Waals surface area (Å²) in [7, 11) is 3.86. The Hall–Kier alpha value is -0.690. The maximum absolute atomic E-state index is 13.2. The van der Waals surface area contributed by atoms with Gasteiger partial charge in [0, 0.05) is 13.1 Å². The predicted octanol–water partition coefficient (Wildman–Crippen LogP) is 1.72. The molecule has 0 saturated heterocycles. The highest BCUT2D eigenvalue weighted by molar-refractivity contribution is 14.1. The first-order valence-electron chi connectivity index (χ1n) is 4.89. The van der Waals surface area contributed by atoms with Crippen LogP contribution in [0.25, 0.3) is 0 Å². The molecule has 1 aromatic carbocycles. The van der Waals surface area contributed by atoms with E-state index in [1.165, 1.54) is 6.07 Å². The fourth-order valence-electron chi connectivity index (χ4n) is 1.17. The van der Waals surface area contributed by atoms with Crippen LogP contribution in [-0.2, 0) is 0 Å². The number of rotatable bonds is 4. The van der Waals surface area contributed by atoms with Crippen molar-refractivity contribution in [1.29, 1.82) is 0 Å². The maximum Gasteiger partial charge on any atom is 0.252 e. The molecule has 3 nitrogen and oxygen atoms in total. The van der Waals surface area contributed by atoms with E-state index in [2.05, 4.69) is 5.32 Å². The van der Waals surface area contributed by atoms with E-state index < -0.39 is 0 Å². The Kier molecular flexibility index (Phi) is 5.14. The molecule has 1 aromatic rings. The van der Waals surface area contributed by atoms with E-state index >= 15 is 0 Å². The van der Waals surface area contributed by atoms with Crippen LogP contribution in [0.4, 0.5) is 4.39 Å². The summed E-state index contributed by atoms with van der Waals surface area (Å²) in [5.74, 6) is -0.591. The van der Waals surface area contributed by atoms with E-state index in [-0.39, 0.29) is 11.7 Å². The number of benzene rings is 1.